The number of anilines is 1. The highest BCUT2D eigenvalue weighted by atomic mass is 32.2. The Kier molecular flexibility index (Phi) is 5.69. The zero-order valence-corrected chi connectivity index (χ0v) is 19.4. The highest BCUT2D eigenvalue weighted by molar-refractivity contribution is 7.91. The van der Waals surface area contributed by atoms with Gasteiger partial charge in [0.2, 0.25) is 26.6 Å². The summed E-state index contributed by atoms with van der Waals surface area (Å²) in [7, 11) is -3.80. The van der Waals surface area contributed by atoms with E-state index >= 15 is 0 Å². The van der Waals surface area contributed by atoms with E-state index in [1.165, 1.54) is 5.56 Å². The van der Waals surface area contributed by atoms with E-state index in [1.54, 1.807) is 30.3 Å². The molecule has 1 aromatic heterocycles. The first kappa shape index (κ1) is 21.6. The number of piperidine rings is 1. The van der Waals surface area contributed by atoms with E-state index < -0.39 is 9.84 Å². The molecule has 1 saturated heterocycles. The van der Waals surface area contributed by atoms with Gasteiger partial charge in [0.1, 0.15) is 0 Å². The van der Waals surface area contributed by atoms with Crippen LogP contribution in [-0.2, 0) is 15.3 Å². The number of hydrogen-bond acceptors (Lipinski definition) is 5. The Balaban J connectivity index is 1.79. The third-order valence-corrected chi connectivity index (χ3v) is 7.62. The average Bonchev–Trinajstić information content (AvgIpc) is 3.21. The number of benzene rings is 2. The lowest BCUT2D eigenvalue weighted by Gasteiger charge is -2.30. The molecule has 2 aromatic carbocycles. The van der Waals surface area contributed by atoms with Crippen molar-refractivity contribution in [3.8, 4) is 11.5 Å². The van der Waals surface area contributed by atoms with Gasteiger partial charge in [-0.2, -0.15) is 4.98 Å². The zero-order valence-electron chi connectivity index (χ0n) is 18.6. The standard InChI is InChI=1S/C25H30N2O3S/c1-18-14-16-27(17-15-18)24-23(31(28,29)21-8-6-5-7-9-21)26-22(30-24)19-10-12-20(13-11-19)25(2,3)4/h5-13,18H,14-17H2,1-4H3. The van der Waals surface area contributed by atoms with Gasteiger partial charge in [0, 0.05) is 18.7 Å². The van der Waals surface area contributed by atoms with E-state index in [0.29, 0.717) is 17.7 Å². The van der Waals surface area contributed by atoms with Crippen molar-refractivity contribution in [1.82, 2.24) is 4.98 Å². The smallest absolute Gasteiger partial charge is 0.236 e. The molecule has 0 radical (unpaired) electrons. The minimum Gasteiger partial charge on any atom is -0.419 e. The molecule has 1 aliphatic rings. The molecule has 5 nitrogen and oxygen atoms in total. The summed E-state index contributed by atoms with van der Waals surface area (Å²) in [6.07, 6.45) is 2.00. The molecule has 2 heterocycles. The summed E-state index contributed by atoms with van der Waals surface area (Å²) in [5.74, 6) is 1.31. The molecule has 3 aromatic rings. The monoisotopic (exact) mass is 438 g/mol. The van der Waals surface area contributed by atoms with Crippen LogP contribution < -0.4 is 4.90 Å². The van der Waals surface area contributed by atoms with Gasteiger partial charge in [-0.25, -0.2) is 8.42 Å². The third kappa shape index (κ3) is 4.40. The molecule has 0 atom stereocenters. The molecule has 1 fully saturated rings. The highest BCUT2D eigenvalue weighted by Gasteiger charge is 2.32. The van der Waals surface area contributed by atoms with Gasteiger partial charge in [-0.3, -0.25) is 0 Å². The van der Waals surface area contributed by atoms with Gasteiger partial charge in [-0.05, 0) is 54.0 Å². The van der Waals surface area contributed by atoms with E-state index in [9.17, 15) is 8.42 Å². The van der Waals surface area contributed by atoms with E-state index in [-0.39, 0.29) is 15.3 Å². The van der Waals surface area contributed by atoms with Crippen molar-refractivity contribution < 1.29 is 12.8 Å². The van der Waals surface area contributed by atoms with Gasteiger partial charge < -0.3 is 9.32 Å². The van der Waals surface area contributed by atoms with Crippen LogP contribution in [0, 0.1) is 5.92 Å². The normalized spacial score (nSPS) is 15.9. The summed E-state index contributed by atoms with van der Waals surface area (Å²) in [6, 6.07) is 16.5. The van der Waals surface area contributed by atoms with Gasteiger partial charge in [-0.1, -0.05) is 58.0 Å². The van der Waals surface area contributed by atoms with Gasteiger partial charge in [0.25, 0.3) is 0 Å². The Morgan fingerprint density at radius 3 is 2.16 bits per heavy atom. The minimum absolute atomic E-state index is 0.00292. The van der Waals surface area contributed by atoms with Crippen molar-refractivity contribution in [2.24, 2.45) is 5.92 Å². The molecular weight excluding hydrogens is 408 g/mol. The van der Waals surface area contributed by atoms with Crippen molar-refractivity contribution in [3.63, 3.8) is 0 Å². The Hall–Kier alpha value is -2.60. The molecule has 31 heavy (non-hydrogen) atoms. The highest BCUT2D eigenvalue weighted by Crippen LogP contribution is 2.36. The lowest BCUT2D eigenvalue weighted by atomic mass is 9.87. The Morgan fingerprint density at radius 1 is 0.968 bits per heavy atom. The SMILES string of the molecule is CC1CCN(c2oc(-c3ccc(C(C)(C)C)cc3)nc2S(=O)(=O)c2ccccc2)CC1. The summed E-state index contributed by atoms with van der Waals surface area (Å²) in [5.41, 5.74) is 2.01. The first-order valence-corrected chi connectivity index (χ1v) is 12.3. The predicted molar refractivity (Wildman–Crippen MR) is 123 cm³/mol. The lowest BCUT2D eigenvalue weighted by Crippen LogP contribution is -2.33. The molecule has 6 heteroatoms. The molecule has 164 valence electrons. The molecule has 0 amide bonds. The number of sulfone groups is 1. The lowest BCUT2D eigenvalue weighted by molar-refractivity contribution is 0.415. The van der Waals surface area contributed by atoms with Crippen LogP contribution in [0.1, 0.15) is 46.1 Å². The van der Waals surface area contributed by atoms with Crippen LogP contribution in [0.25, 0.3) is 11.5 Å². The van der Waals surface area contributed by atoms with Crippen LogP contribution in [0.3, 0.4) is 0 Å². The Bertz CT molecular complexity index is 1140. The van der Waals surface area contributed by atoms with Gasteiger partial charge in [-0.15, -0.1) is 0 Å². The Morgan fingerprint density at radius 2 is 1.58 bits per heavy atom. The molecular formula is C25H30N2O3S. The van der Waals surface area contributed by atoms with Crippen molar-refractivity contribution in [2.75, 3.05) is 18.0 Å². The maximum absolute atomic E-state index is 13.4. The molecule has 4 rings (SSSR count). The van der Waals surface area contributed by atoms with E-state index in [4.69, 9.17) is 4.42 Å². The number of rotatable bonds is 4. The van der Waals surface area contributed by atoms with Crippen molar-refractivity contribution in [3.05, 3.63) is 60.2 Å². The second-order valence-corrected chi connectivity index (χ2v) is 11.3. The van der Waals surface area contributed by atoms with Crippen molar-refractivity contribution in [2.45, 2.75) is 55.9 Å². The van der Waals surface area contributed by atoms with E-state index in [1.807, 2.05) is 29.2 Å². The molecule has 1 aliphatic heterocycles. The van der Waals surface area contributed by atoms with Crippen molar-refractivity contribution in [1.29, 1.82) is 0 Å². The number of hydrogen-bond donors (Lipinski definition) is 0. The number of nitrogens with zero attached hydrogens (tertiary/aromatic N) is 2. The fourth-order valence-corrected chi connectivity index (χ4v) is 5.17. The first-order chi connectivity index (χ1) is 14.7. The molecule has 0 saturated carbocycles. The van der Waals surface area contributed by atoms with Crippen LogP contribution in [-0.4, -0.2) is 26.5 Å². The minimum atomic E-state index is -3.80. The summed E-state index contributed by atoms with van der Waals surface area (Å²) in [5, 5.41) is 0.00292. The second-order valence-electron chi connectivity index (χ2n) is 9.44. The molecule has 0 spiro atoms. The van der Waals surface area contributed by atoms with Crippen molar-refractivity contribution >= 4 is 15.7 Å². The molecule has 0 unspecified atom stereocenters. The van der Waals surface area contributed by atoms with Gasteiger partial charge in [0.15, 0.2) is 0 Å². The summed E-state index contributed by atoms with van der Waals surface area (Å²) < 4.78 is 33.0. The van der Waals surface area contributed by atoms with Crippen LogP contribution in [0.2, 0.25) is 0 Å². The van der Waals surface area contributed by atoms with Gasteiger partial charge >= 0.3 is 0 Å². The second kappa shape index (κ2) is 8.15. The third-order valence-electron chi connectivity index (χ3n) is 5.96. The fourth-order valence-electron chi connectivity index (χ4n) is 3.83. The quantitative estimate of drug-likeness (QED) is 0.522. The zero-order chi connectivity index (χ0) is 22.2. The largest absolute Gasteiger partial charge is 0.419 e. The van der Waals surface area contributed by atoms with E-state index in [0.717, 1.165) is 31.5 Å². The van der Waals surface area contributed by atoms with E-state index in [2.05, 4.69) is 32.7 Å². The van der Waals surface area contributed by atoms with Crippen LogP contribution in [0.15, 0.2) is 68.9 Å². The predicted octanol–water partition coefficient (Wildman–Crippen LogP) is 5.71. The first-order valence-electron chi connectivity index (χ1n) is 10.8. The van der Waals surface area contributed by atoms with Crippen LogP contribution >= 0.6 is 0 Å². The molecule has 0 aliphatic carbocycles. The summed E-state index contributed by atoms with van der Waals surface area (Å²) in [4.78, 5) is 6.77. The summed E-state index contributed by atoms with van der Waals surface area (Å²) >= 11 is 0. The summed E-state index contributed by atoms with van der Waals surface area (Å²) in [6.45, 7) is 10.2. The maximum Gasteiger partial charge on any atom is 0.236 e. The topological polar surface area (TPSA) is 63.4 Å². The van der Waals surface area contributed by atoms with Crippen LogP contribution in [0.5, 0.6) is 0 Å². The Labute approximate surface area is 185 Å². The van der Waals surface area contributed by atoms with Crippen LogP contribution in [0.4, 0.5) is 5.88 Å². The molecule has 0 N–H and O–H groups in total. The molecule has 0 bridgehead atoms. The number of oxazole rings is 1. The average molecular weight is 439 g/mol. The fraction of sp³-hybridized carbons (Fsp3) is 0.400. The number of aromatic nitrogens is 1. The van der Waals surface area contributed by atoms with Gasteiger partial charge in [0.05, 0.1) is 4.90 Å². The maximum atomic E-state index is 13.4.